The Labute approximate surface area is 159 Å². The first-order chi connectivity index (χ1) is 12.8. The van der Waals surface area contributed by atoms with Crippen molar-refractivity contribution in [3.8, 4) is 5.75 Å². The van der Waals surface area contributed by atoms with E-state index in [9.17, 15) is 4.79 Å². The van der Waals surface area contributed by atoms with Gasteiger partial charge in [-0.15, -0.1) is 0 Å². The monoisotopic (exact) mass is 371 g/mol. The van der Waals surface area contributed by atoms with Crippen LogP contribution in [0, 0.1) is 0 Å². The summed E-state index contributed by atoms with van der Waals surface area (Å²) >= 11 is 1.53. The van der Waals surface area contributed by atoms with Gasteiger partial charge in [0.2, 0.25) is 0 Å². The van der Waals surface area contributed by atoms with Crippen molar-refractivity contribution < 1.29 is 9.53 Å². The summed E-state index contributed by atoms with van der Waals surface area (Å²) in [4.78, 5) is 14.0. The molecule has 3 N–H and O–H groups in total. The molecule has 26 heavy (non-hydrogen) atoms. The molecule has 0 unspecified atom stereocenters. The van der Waals surface area contributed by atoms with Gasteiger partial charge in [-0.1, -0.05) is 24.3 Å². The van der Waals surface area contributed by atoms with Crippen LogP contribution in [0.5, 0.6) is 5.75 Å². The third kappa shape index (κ3) is 5.24. The Hall–Kier alpha value is -2.02. The summed E-state index contributed by atoms with van der Waals surface area (Å²) in [5, 5.41) is 0. The maximum absolute atomic E-state index is 10.5. The normalized spacial score (nSPS) is 14.0. The Morgan fingerprint density at radius 3 is 2.88 bits per heavy atom. The molecule has 0 fully saturated rings. The van der Waals surface area contributed by atoms with E-state index in [0.717, 1.165) is 43.9 Å². The molecular weight excluding hydrogens is 346 g/mol. The molecule has 3 rings (SSSR count). The van der Waals surface area contributed by atoms with Crippen molar-refractivity contribution >= 4 is 24.1 Å². The third-order valence-corrected chi connectivity index (χ3v) is 5.40. The first-order valence-corrected chi connectivity index (χ1v) is 9.76. The second kappa shape index (κ2) is 9.62. The van der Waals surface area contributed by atoms with Crippen LogP contribution in [-0.2, 0) is 17.8 Å². The van der Waals surface area contributed by atoms with Gasteiger partial charge in [0.05, 0.1) is 5.69 Å². The molecule has 0 aliphatic carbocycles. The molecule has 0 atom stereocenters. The zero-order valence-electron chi connectivity index (χ0n) is 14.8. The van der Waals surface area contributed by atoms with Crippen molar-refractivity contribution in [1.82, 2.24) is 9.62 Å². The molecule has 0 bridgehead atoms. The maximum Gasteiger partial charge on any atom is 0.298 e. The molecule has 1 heterocycles. The Morgan fingerprint density at radius 1 is 1.19 bits per heavy atom. The summed E-state index contributed by atoms with van der Waals surface area (Å²) in [6, 6.07) is 14.2. The van der Waals surface area contributed by atoms with Crippen LogP contribution < -0.4 is 15.2 Å². The lowest BCUT2D eigenvalue weighted by Crippen LogP contribution is -2.31. The quantitative estimate of drug-likeness (QED) is 0.305. The van der Waals surface area contributed by atoms with Gasteiger partial charge in [-0.2, -0.15) is 0 Å². The average molecular weight is 372 g/mol. The van der Waals surface area contributed by atoms with E-state index in [4.69, 9.17) is 10.5 Å². The molecule has 2 aromatic rings. The van der Waals surface area contributed by atoms with Crippen molar-refractivity contribution in [2.24, 2.45) is 0 Å². The Balaban J connectivity index is 1.33. The van der Waals surface area contributed by atoms with E-state index < -0.39 is 0 Å². The number of ether oxygens (including phenoxy) is 1. The summed E-state index contributed by atoms with van der Waals surface area (Å²) in [5.74, 6) is 0.400. The van der Waals surface area contributed by atoms with E-state index in [1.54, 1.807) is 12.1 Å². The number of carbonyl (C=O) groups excluding carboxylic acids is 1. The number of hydrogen-bond acceptors (Lipinski definition) is 6. The van der Waals surface area contributed by atoms with E-state index in [1.807, 2.05) is 6.07 Å². The van der Waals surface area contributed by atoms with Crippen LogP contribution >= 0.6 is 11.9 Å². The zero-order chi connectivity index (χ0) is 18.2. The number of carbonyl (C=O) groups is 1. The van der Waals surface area contributed by atoms with Crippen molar-refractivity contribution in [1.29, 1.82) is 0 Å². The van der Waals surface area contributed by atoms with Gasteiger partial charge in [-0.05, 0) is 67.1 Å². The largest absolute Gasteiger partial charge is 0.427 e. The van der Waals surface area contributed by atoms with Crippen LogP contribution in [0.25, 0.3) is 0 Å². The van der Waals surface area contributed by atoms with Gasteiger partial charge in [-0.3, -0.25) is 14.4 Å². The molecule has 138 valence electrons. The minimum Gasteiger partial charge on any atom is -0.427 e. The number of hydrogen-bond donors (Lipinski definition) is 2. The molecule has 5 nitrogen and oxygen atoms in total. The SMILES string of the molecule is Nc1ccc(SNCCCCN2CCc3ccccc3C2)cc1OC=O. The average Bonchev–Trinajstić information content (AvgIpc) is 2.67. The van der Waals surface area contributed by atoms with Gasteiger partial charge in [0, 0.05) is 24.5 Å². The van der Waals surface area contributed by atoms with Gasteiger partial charge in [0.25, 0.3) is 6.47 Å². The van der Waals surface area contributed by atoms with Crippen LogP contribution in [0.2, 0.25) is 0 Å². The highest BCUT2D eigenvalue weighted by Crippen LogP contribution is 2.27. The lowest BCUT2D eigenvalue weighted by Gasteiger charge is -2.28. The summed E-state index contributed by atoms with van der Waals surface area (Å²) in [6.45, 7) is 4.70. The van der Waals surface area contributed by atoms with Crippen molar-refractivity contribution in [3.05, 3.63) is 53.6 Å². The summed E-state index contributed by atoms with van der Waals surface area (Å²) in [5.41, 5.74) is 9.19. The van der Waals surface area contributed by atoms with Gasteiger partial charge >= 0.3 is 0 Å². The molecule has 6 heteroatoms. The third-order valence-electron chi connectivity index (χ3n) is 4.56. The molecule has 0 saturated carbocycles. The summed E-state index contributed by atoms with van der Waals surface area (Å²) in [7, 11) is 0. The second-order valence-electron chi connectivity index (χ2n) is 6.41. The highest BCUT2D eigenvalue weighted by molar-refractivity contribution is 7.97. The van der Waals surface area contributed by atoms with Crippen molar-refractivity contribution in [2.45, 2.75) is 30.7 Å². The molecule has 1 aliphatic heterocycles. The molecular formula is C20H25N3O2S. The minimum absolute atomic E-state index is 0.395. The smallest absolute Gasteiger partial charge is 0.298 e. The van der Waals surface area contributed by atoms with E-state index in [0.29, 0.717) is 17.9 Å². The predicted molar refractivity (Wildman–Crippen MR) is 106 cm³/mol. The van der Waals surface area contributed by atoms with Crippen LogP contribution in [0.15, 0.2) is 47.4 Å². The van der Waals surface area contributed by atoms with E-state index in [2.05, 4.69) is 33.9 Å². The lowest BCUT2D eigenvalue weighted by molar-refractivity contribution is -0.120. The fraction of sp³-hybridized carbons (Fsp3) is 0.350. The Kier molecular flexibility index (Phi) is 6.94. The Bertz CT molecular complexity index is 739. The standard InChI is InChI=1S/C20H25N3O2S/c21-19-8-7-18(13-20(19)25-15-24)26-22-10-3-4-11-23-12-9-16-5-1-2-6-17(16)14-23/h1-2,5-8,13,15,22H,3-4,9-12,14,21H2. The van der Waals surface area contributed by atoms with Crippen LogP contribution in [0.3, 0.4) is 0 Å². The fourth-order valence-electron chi connectivity index (χ4n) is 3.14. The number of nitrogens with zero attached hydrogens (tertiary/aromatic N) is 1. The van der Waals surface area contributed by atoms with Crippen LogP contribution in [0.1, 0.15) is 24.0 Å². The first kappa shape index (κ1) is 18.8. The van der Waals surface area contributed by atoms with Crippen LogP contribution in [-0.4, -0.2) is 31.0 Å². The number of fused-ring (bicyclic) bond motifs is 1. The number of anilines is 1. The molecule has 1 aliphatic rings. The molecule has 0 radical (unpaired) electrons. The number of nitrogen functional groups attached to an aromatic ring is 1. The fourth-order valence-corrected chi connectivity index (χ4v) is 3.86. The highest BCUT2D eigenvalue weighted by Gasteiger charge is 2.14. The van der Waals surface area contributed by atoms with Crippen molar-refractivity contribution in [3.63, 3.8) is 0 Å². The molecule has 0 spiro atoms. The molecule has 0 amide bonds. The van der Waals surface area contributed by atoms with Crippen molar-refractivity contribution in [2.75, 3.05) is 25.4 Å². The number of nitrogens with one attached hydrogen (secondary N) is 1. The zero-order valence-corrected chi connectivity index (χ0v) is 15.6. The van der Waals surface area contributed by atoms with Gasteiger partial charge in [-0.25, -0.2) is 0 Å². The summed E-state index contributed by atoms with van der Waals surface area (Å²) in [6.07, 6.45) is 3.46. The number of benzene rings is 2. The molecule has 2 aromatic carbocycles. The second-order valence-corrected chi connectivity index (χ2v) is 7.38. The maximum atomic E-state index is 10.5. The van der Waals surface area contributed by atoms with Gasteiger partial charge in [0.1, 0.15) is 0 Å². The lowest BCUT2D eigenvalue weighted by atomic mass is 10.00. The molecule has 0 aromatic heterocycles. The first-order valence-electron chi connectivity index (χ1n) is 8.95. The minimum atomic E-state index is 0.395. The molecule has 0 saturated heterocycles. The van der Waals surface area contributed by atoms with Crippen LogP contribution in [0.4, 0.5) is 5.69 Å². The van der Waals surface area contributed by atoms with E-state index in [1.165, 1.54) is 29.5 Å². The van der Waals surface area contributed by atoms with Gasteiger partial charge in [0.15, 0.2) is 5.75 Å². The van der Waals surface area contributed by atoms with Gasteiger partial charge < -0.3 is 10.5 Å². The summed E-state index contributed by atoms with van der Waals surface area (Å²) < 4.78 is 8.22. The Morgan fingerprint density at radius 2 is 2.04 bits per heavy atom. The van der Waals surface area contributed by atoms with E-state index in [-0.39, 0.29) is 0 Å². The number of nitrogens with two attached hydrogens (primary N) is 1. The number of unbranched alkanes of at least 4 members (excludes halogenated alkanes) is 1. The number of rotatable bonds is 9. The highest BCUT2D eigenvalue weighted by atomic mass is 32.2. The van der Waals surface area contributed by atoms with E-state index >= 15 is 0 Å². The topological polar surface area (TPSA) is 67.6 Å². The predicted octanol–water partition coefficient (Wildman–Crippen LogP) is 3.24.